The van der Waals surface area contributed by atoms with Crippen LogP contribution in [0.4, 0.5) is 0 Å². The summed E-state index contributed by atoms with van der Waals surface area (Å²) in [4.78, 5) is 23.1. The molecule has 0 aliphatic carbocycles. The lowest BCUT2D eigenvalue weighted by Gasteiger charge is -2.13. The molecule has 0 heterocycles. The number of esters is 2. The van der Waals surface area contributed by atoms with Crippen molar-refractivity contribution in [2.45, 2.75) is 6.42 Å². The summed E-state index contributed by atoms with van der Waals surface area (Å²) >= 11 is 0. The third kappa shape index (κ3) is 3.37. The second-order valence-corrected chi connectivity index (χ2v) is 3.61. The monoisotopic (exact) mass is 268 g/mol. The molecular weight excluding hydrogens is 252 g/mol. The number of ether oxygens (including phenoxy) is 4. The Morgan fingerprint density at radius 1 is 0.947 bits per heavy atom. The Bertz CT molecular complexity index is 480. The van der Waals surface area contributed by atoms with E-state index in [1.807, 2.05) is 0 Å². The van der Waals surface area contributed by atoms with Gasteiger partial charge in [-0.05, 0) is 17.7 Å². The Morgan fingerprint density at radius 2 is 1.53 bits per heavy atom. The fourth-order valence-corrected chi connectivity index (χ4v) is 1.59. The minimum absolute atomic E-state index is 0.0543. The van der Waals surface area contributed by atoms with Gasteiger partial charge in [-0.1, -0.05) is 0 Å². The standard InChI is InChI=1S/C13H16O6/c1-16-10-5-8(6-12(14)18-3)9(13(15)19-4)7-11(10)17-2/h5,7H,6H2,1-4H3. The van der Waals surface area contributed by atoms with Crippen molar-refractivity contribution < 1.29 is 28.5 Å². The fraction of sp³-hybridized carbons (Fsp3) is 0.385. The van der Waals surface area contributed by atoms with Crippen LogP contribution in [0.25, 0.3) is 0 Å². The summed E-state index contributed by atoms with van der Waals surface area (Å²) in [6.07, 6.45) is -0.0543. The van der Waals surface area contributed by atoms with Gasteiger partial charge in [-0.3, -0.25) is 4.79 Å². The van der Waals surface area contributed by atoms with Crippen molar-refractivity contribution in [2.75, 3.05) is 28.4 Å². The Balaban J connectivity index is 3.31. The average Bonchev–Trinajstić information content (AvgIpc) is 2.45. The molecule has 0 saturated carbocycles. The van der Waals surface area contributed by atoms with E-state index in [0.29, 0.717) is 17.1 Å². The number of hydrogen-bond acceptors (Lipinski definition) is 6. The lowest BCUT2D eigenvalue weighted by molar-refractivity contribution is -0.139. The van der Waals surface area contributed by atoms with Gasteiger partial charge >= 0.3 is 11.9 Å². The van der Waals surface area contributed by atoms with Gasteiger partial charge in [0.05, 0.1) is 40.4 Å². The van der Waals surface area contributed by atoms with Gasteiger partial charge in [0.25, 0.3) is 0 Å². The number of carbonyl (C=O) groups is 2. The predicted octanol–water partition coefficient (Wildman–Crippen LogP) is 1.21. The minimum Gasteiger partial charge on any atom is -0.493 e. The zero-order valence-corrected chi connectivity index (χ0v) is 11.3. The molecule has 0 aliphatic heterocycles. The first kappa shape index (κ1) is 14.8. The SMILES string of the molecule is COC(=O)Cc1cc(OC)c(OC)cc1C(=O)OC. The highest BCUT2D eigenvalue weighted by Gasteiger charge is 2.19. The molecule has 0 atom stereocenters. The summed E-state index contributed by atoms with van der Waals surface area (Å²) < 4.78 is 19.5. The Morgan fingerprint density at radius 3 is 2.00 bits per heavy atom. The van der Waals surface area contributed by atoms with E-state index in [9.17, 15) is 9.59 Å². The summed E-state index contributed by atoms with van der Waals surface area (Å²) in [5.74, 6) is -0.206. The molecule has 1 aromatic rings. The normalized spacial score (nSPS) is 9.68. The highest BCUT2D eigenvalue weighted by molar-refractivity contribution is 5.93. The predicted molar refractivity (Wildman–Crippen MR) is 66.6 cm³/mol. The third-order valence-corrected chi connectivity index (χ3v) is 2.58. The molecule has 19 heavy (non-hydrogen) atoms. The van der Waals surface area contributed by atoms with Crippen LogP contribution in [0.3, 0.4) is 0 Å². The van der Waals surface area contributed by atoms with E-state index in [2.05, 4.69) is 9.47 Å². The van der Waals surface area contributed by atoms with Crippen LogP contribution in [-0.2, 0) is 20.7 Å². The van der Waals surface area contributed by atoms with Crippen molar-refractivity contribution in [1.29, 1.82) is 0 Å². The van der Waals surface area contributed by atoms with Crippen molar-refractivity contribution in [2.24, 2.45) is 0 Å². The van der Waals surface area contributed by atoms with Gasteiger partial charge in [0, 0.05) is 0 Å². The maximum atomic E-state index is 11.7. The molecule has 1 rings (SSSR count). The van der Waals surface area contributed by atoms with Crippen LogP contribution in [0.5, 0.6) is 11.5 Å². The number of methoxy groups -OCH3 is 4. The van der Waals surface area contributed by atoms with E-state index in [-0.39, 0.29) is 12.0 Å². The molecule has 1 aromatic carbocycles. The summed E-state index contributed by atoms with van der Waals surface area (Å²) in [7, 11) is 5.47. The molecule has 6 nitrogen and oxygen atoms in total. The molecular formula is C13H16O6. The van der Waals surface area contributed by atoms with E-state index in [1.165, 1.54) is 34.5 Å². The van der Waals surface area contributed by atoms with Crippen LogP contribution in [-0.4, -0.2) is 40.4 Å². The molecule has 0 radical (unpaired) electrons. The van der Waals surface area contributed by atoms with Crippen LogP contribution in [0, 0.1) is 0 Å². The van der Waals surface area contributed by atoms with Crippen LogP contribution >= 0.6 is 0 Å². The topological polar surface area (TPSA) is 71.1 Å². The molecule has 0 N–H and O–H groups in total. The second kappa shape index (κ2) is 6.63. The quantitative estimate of drug-likeness (QED) is 0.747. The molecule has 0 aliphatic rings. The lowest BCUT2D eigenvalue weighted by Crippen LogP contribution is -2.12. The minimum atomic E-state index is -0.556. The summed E-state index contributed by atoms with van der Waals surface area (Å²) in [5.41, 5.74) is 0.696. The number of rotatable bonds is 5. The lowest BCUT2D eigenvalue weighted by atomic mass is 10.0. The Kier molecular flexibility index (Phi) is 5.17. The highest BCUT2D eigenvalue weighted by Crippen LogP contribution is 2.31. The Labute approximate surface area is 111 Å². The number of hydrogen-bond donors (Lipinski definition) is 0. The molecule has 0 fully saturated rings. The molecule has 6 heteroatoms. The van der Waals surface area contributed by atoms with E-state index in [0.717, 1.165) is 0 Å². The van der Waals surface area contributed by atoms with Crippen molar-refractivity contribution in [1.82, 2.24) is 0 Å². The molecule has 0 spiro atoms. The van der Waals surface area contributed by atoms with Gasteiger partial charge in [-0.15, -0.1) is 0 Å². The summed E-state index contributed by atoms with van der Waals surface area (Å²) in [6.45, 7) is 0. The zero-order chi connectivity index (χ0) is 14.4. The second-order valence-electron chi connectivity index (χ2n) is 3.61. The molecule has 0 bridgehead atoms. The van der Waals surface area contributed by atoms with Crippen molar-refractivity contribution in [3.05, 3.63) is 23.3 Å². The van der Waals surface area contributed by atoms with Gasteiger partial charge in [-0.2, -0.15) is 0 Å². The van der Waals surface area contributed by atoms with E-state index in [4.69, 9.17) is 9.47 Å². The highest BCUT2D eigenvalue weighted by atomic mass is 16.5. The summed E-state index contributed by atoms with van der Waals surface area (Å²) in [5, 5.41) is 0. The van der Waals surface area contributed by atoms with Gasteiger partial charge in [0.15, 0.2) is 11.5 Å². The first-order chi connectivity index (χ1) is 9.07. The summed E-state index contributed by atoms with van der Waals surface area (Å²) in [6, 6.07) is 3.03. The van der Waals surface area contributed by atoms with Crippen molar-refractivity contribution >= 4 is 11.9 Å². The first-order valence-electron chi connectivity index (χ1n) is 5.47. The van der Waals surface area contributed by atoms with Crippen LogP contribution in [0.15, 0.2) is 12.1 Å². The molecule has 0 saturated heterocycles. The van der Waals surface area contributed by atoms with Crippen LogP contribution < -0.4 is 9.47 Å². The maximum absolute atomic E-state index is 11.7. The zero-order valence-electron chi connectivity index (χ0n) is 11.3. The van der Waals surface area contributed by atoms with Crippen LogP contribution in [0.1, 0.15) is 15.9 Å². The van der Waals surface area contributed by atoms with Gasteiger partial charge < -0.3 is 18.9 Å². The molecule has 104 valence electrons. The van der Waals surface area contributed by atoms with E-state index in [1.54, 1.807) is 6.07 Å². The maximum Gasteiger partial charge on any atom is 0.338 e. The van der Waals surface area contributed by atoms with E-state index >= 15 is 0 Å². The first-order valence-corrected chi connectivity index (χ1v) is 5.47. The average molecular weight is 268 g/mol. The fourth-order valence-electron chi connectivity index (χ4n) is 1.59. The van der Waals surface area contributed by atoms with Gasteiger partial charge in [0.1, 0.15) is 0 Å². The number of benzene rings is 1. The number of carbonyl (C=O) groups excluding carboxylic acids is 2. The van der Waals surface area contributed by atoms with Crippen molar-refractivity contribution in [3.8, 4) is 11.5 Å². The van der Waals surface area contributed by atoms with Gasteiger partial charge in [0.2, 0.25) is 0 Å². The smallest absolute Gasteiger partial charge is 0.338 e. The Hall–Kier alpha value is -2.24. The van der Waals surface area contributed by atoms with E-state index < -0.39 is 11.9 Å². The third-order valence-electron chi connectivity index (χ3n) is 2.58. The largest absolute Gasteiger partial charge is 0.493 e. The van der Waals surface area contributed by atoms with Gasteiger partial charge in [-0.25, -0.2) is 4.79 Å². The molecule has 0 unspecified atom stereocenters. The molecule has 0 aromatic heterocycles. The van der Waals surface area contributed by atoms with Crippen molar-refractivity contribution in [3.63, 3.8) is 0 Å². The molecule has 0 amide bonds. The van der Waals surface area contributed by atoms with Crippen LogP contribution in [0.2, 0.25) is 0 Å².